The molecule has 0 aliphatic rings. The van der Waals surface area contributed by atoms with E-state index in [4.69, 9.17) is 0 Å². The third-order valence-corrected chi connectivity index (χ3v) is 7.01. The molecule has 0 N–H and O–H groups in total. The Labute approximate surface area is 227 Å². The fourth-order valence-electron chi connectivity index (χ4n) is 5.35. The molecule has 0 nitrogen and oxygen atoms in total. The zero-order chi connectivity index (χ0) is 26.2. The molecule has 0 radical (unpaired) electrons. The van der Waals surface area contributed by atoms with E-state index < -0.39 is 0 Å². The van der Waals surface area contributed by atoms with E-state index in [0.717, 1.165) is 0 Å². The average molecular weight is 486 g/mol. The zero-order valence-corrected chi connectivity index (χ0v) is 21.8. The summed E-state index contributed by atoms with van der Waals surface area (Å²) in [5.74, 6) is 0. The molecule has 0 unspecified atom stereocenters. The van der Waals surface area contributed by atoms with Crippen LogP contribution in [0.15, 0.2) is 170 Å². The van der Waals surface area contributed by atoms with Gasteiger partial charge in [0.15, 0.2) is 0 Å². The molecule has 182 valence electrons. The maximum absolute atomic E-state index is 4.14. The zero-order valence-electron chi connectivity index (χ0n) is 21.8. The summed E-state index contributed by atoms with van der Waals surface area (Å²) >= 11 is 0. The van der Waals surface area contributed by atoms with Gasteiger partial charge in [-0.05, 0) is 40.3 Å². The van der Waals surface area contributed by atoms with Crippen molar-refractivity contribution in [2.45, 2.75) is 6.92 Å². The molecule has 5 aromatic rings. The number of allylic oxidation sites excluding steroid dienone is 5. The second kappa shape index (κ2) is 12.1. The van der Waals surface area contributed by atoms with E-state index in [1.165, 1.54) is 49.8 Å². The molecule has 0 amide bonds. The highest BCUT2D eigenvalue weighted by Gasteiger charge is 2.30. The Morgan fingerprint density at radius 3 is 1.42 bits per heavy atom. The van der Waals surface area contributed by atoms with Crippen LogP contribution in [0.4, 0.5) is 0 Å². The molecule has 0 aliphatic carbocycles. The van der Waals surface area contributed by atoms with E-state index in [1.807, 2.05) is 6.08 Å². The predicted octanol–water partition coefficient (Wildman–Crippen LogP) is 8.38. The maximum Gasteiger partial charge on any atom is 0.243 e. The van der Waals surface area contributed by atoms with Gasteiger partial charge in [0.25, 0.3) is 0 Å². The van der Waals surface area contributed by atoms with Crippen LogP contribution in [-0.2, 0) is 0 Å². The third-order valence-electron chi connectivity index (χ3n) is 7.01. The van der Waals surface area contributed by atoms with Crippen molar-refractivity contribution in [1.29, 1.82) is 0 Å². The Kier molecular flexibility index (Phi) is 7.96. The summed E-state index contributed by atoms with van der Waals surface area (Å²) in [5, 5.41) is 0. The second-order valence-electron chi connectivity index (χ2n) is 9.27. The van der Waals surface area contributed by atoms with Crippen LogP contribution in [0.2, 0.25) is 0 Å². The monoisotopic (exact) mass is 486 g/mol. The Morgan fingerprint density at radius 1 is 0.553 bits per heavy atom. The molecule has 5 aromatic carbocycles. The van der Waals surface area contributed by atoms with E-state index in [0.29, 0.717) is 0 Å². The Balaban J connectivity index is 1.83. The SMILES string of the molecule is C=C/C=C(B(c1ccccc1-c1ccccc1)c1ccccc1-c1ccccc1)\C(=C/C)c1ccccc1. The summed E-state index contributed by atoms with van der Waals surface area (Å²) in [5.41, 5.74) is 11.1. The molecule has 0 bridgehead atoms. The summed E-state index contributed by atoms with van der Waals surface area (Å²) < 4.78 is 0. The van der Waals surface area contributed by atoms with Crippen molar-refractivity contribution < 1.29 is 0 Å². The summed E-state index contributed by atoms with van der Waals surface area (Å²) in [4.78, 5) is 0. The minimum absolute atomic E-state index is 0.0211. The lowest BCUT2D eigenvalue weighted by atomic mass is 9.33. The largest absolute Gasteiger partial charge is 0.243 e. The molecular formula is C37H31B. The van der Waals surface area contributed by atoms with E-state index in [-0.39, 0.29) is 6.71 Å². The van der Waals surface area contributed by atoms with E-state index >= 15 is 0 Å². The lowest BCUT2D eigenvalue weighted by molar-refractivity contribution is 1.57. The van der Waals surface area contributed by atoms with Crippen molar-refractivity contribution in [1.82, 2.24) is 0 Å². The standard InChI is InChI=1S/C37H31B/c1-3-18-35(32(4-2)29-19-8-5-9-20-29)38(36-27-16-14-25-33(36)30-21-10-6-11-22-30)37-28-17-15-26-34(37)31-23-12-7-13-24-31/h3-28H,1H2,2H3/b32-4-,35-18+. The smallest absolute Gasteiger partial charge is 0.0991 e. The molecule has 0 aromatic heterocycles. The van der Waals surface area contributed by atoms with E-state index in [2.05, 4.69) is 165 Å². The highest BCUT2D eigenvalue weighted by Crippen LogP contribution is 2.29. The molecule has 1 heteroatoms. The van der Waals surface area contributed by atoms with Gasteiger partial charge in [0.05, 0.1) is 0 Å². The van der Waals surface area contributed by atoms with Crippen LogP contribution in [0.25, 0.3) is 27.8 Å². The van der Waals surface area contributed by atoms with Crippen LogP contribution in [0.5, 0.6) is 0 Å². The molecule has 0 saturated carbocycles. The number of hydrogen-bond acceptors (Lipinski definition) is 0. The predicted molar refractivity (Wildman–Crippen MR) is 167 cm³/mol. The minimum Gasteiger partial charge on any atom is -0.0991 e. The molecule has 5 rings (SSSR count). The average Bonchev–Trinajstić information content (AvgIpc) is 3.00. The maximum atomic E-state index is 4.14. The van der Waals surface area contributed by atoms with Gasteiger partial charge in [-0.25, -0.2) is 0 Å². The summed E-state index contributed by atoms with van der Waals surface area (Å²) in [6, 6.07) is 49.7. The number of benzene rings is 5. The summed E-state index contributed by atoms with van der Waals surface area (Å²) in [6.07, 6.45) is 6.34. The lowest BCUT2D eigenvalue weighted by Crippen LogP contribution is -2.46. The normalized spacial score (nSPS) is 11.7. The van der Waals surface area contributed by atoms with Crippen molar-refractivity contribution in [3.8, 4) is 22.3 Å². The van der Waals surface area contributed by atoms with Gasteiger partial charge < -0.3 is 0 Å². The van der Waals surface area contributed by atoms with E-state index in [9.17, 15) is 0 Å². The van der Waals surface area contributed by atoms with Crippen LogP contribution < -0.4 is 10.9 Å². The molecule has 0 fully saturated rings. The van der Waals surface area contributed by atoms with Gasteiger partial charge in [0.1, 0.15) is 0 Å². The van der Waals surface area contributed by atoms with Gasteiger partial charge in [-0.2, -0.15) is 0 Å². The molecule has 0 atom stereocenters. The van der Waals surface area contributed by atoms with Crippen LogP contribution in [-0.4, -0.2) is 6.71 Å². The van der Waals surface area contributed by atoms with E-state index in [1.54, 1.807) is 0 Å². The molecule has 0 heterocycles. The van der Waals surface area contributed by atoms with Gasteiger partial charge in [-0.15, -0.1) is 0 Å². The highest BCUT2D eigenvalue weighted by atomic mass is 14.1. The summed E-state index contributed by atoms with van der Waals surface area (Å²) in [6.45, 7) is 6.24. The molecule has 38 heavy (non-hydrogen) atoms. The lowest BCUT2D eigenvalue weighted by Gasteiger charge is -2.26. The van der Waals surface area contributed by atoms with Crippen molar-refractivity contribution >= 4 is 23.2 Å². The highest BCUT2D eigenvalue weighted by molar-refractivity contribution is 6.94. The first-order chi connectivity index (χ1) is 18.8. The molecule has 0 spiro atoms. The summed E-state index contributed by atoms with van der Waals surface area (Å²) in [7, 11) is 0. The third kappa shape index (κ3) is 5.24. The number of hydrogen-bond donors (Lipinski definition) is 0. The van der Waals surface area contributed by atoms with Crippen LogP contribution in [0.1, 0.15) is 12.5 Å². The first kappa shape index (κ1) is 25.1. The molecule has 0 saturated heterocycles. The minimum atomic E-state index is -0.0211. The molecular weight excluding hydrogens is 455 g/mol. The van der Waals surface area contributed by atoms with Gasteiger partial charge in [0.2, 0.25) is 6.71 Å². The first-order valence-corrected chi connectivity index (χ1v) is 13.1. The van der Waals surface area contributed by atoms with Crippen LogP contribution in [0.3, 0.4) is 0 Å². The van der Waals surface area contributed by atoms with Crippen molar-refractivity contribution in [2.24, 2.45) is 0 Å². The van der Waals surface area contributed by atoms with Crippen molar-refractivity contribution in [2.75, 3.05) is 0 Å². The number of rotatable bonds is 8. The quantitative estimate of drug-likeness (QED) is 0.153. The fourth-order valence-corrected chi connectivity index (χ4v) is 5.35. The van der Waals surface area contributed by atoms with Gasteiger partial charge in [-0.3, -0.25) is 0 Å². The fraction of sp³-hybridized carbons (Fsp3) is 0.0270. The Hall–Kier alpha value is -4.62. The first-order valence-electron chi connectivity index (χ1n) is 13.1. The topological polar surface area (TPSA) is 0 Å². The van der Waals surface area contributed by atoms with Gasteiger partial charge in [0, 0.05) is 0 Å². The Morgan fingerprint density at radius 2 is 0.974 bits per heavy atom. The van der Waals surface area contributed by atoms with Crippen molar-refractivity contribution in [3.63, 3.8) is 0 Å². The van der Waals surface area contributed by atoms with Crippen molar-refractivity contribution in [3.05, 3.63) is 175 Å². The van der Waals surface area contributed by atoms with Gasteiger partial charge >= 0.3 is 0 Å². The van der Waals surface area contributed by atoms with Crippen LogP contribution in [0, 0.1) is 0 Å². The van der Waals surface area contributed by atoms with Crippen LogP contribution >= 0.6 is 0 Å². The Bertz CT molecular complexity index is 1480. The second-order valence-corrected chi connectivity index (χ2v) is 9.27. The molecule has 0 aliphatic heterocycles. The van der Waals surface area contributed by atoms with Gasteiger partial charge in [-0.1, -0.05) is 181 Å².